The number of fused-ring (bicyclic) bond motifs is 1. The van der Waals surface area contributed by atoms with E-state index in [0.29, 0.717) is 24.0 Å². The maximum absolute atomic E-state index is 11.6. The number of imidazole rings is 1. The Morgan fingerprint density at radius 3 is 3.10 bits per heavy atom. The molecular formula is C14H18ClN3O2. The lowest BCUT2D eigenvalue weighted by molar-refractivity contribution is -0.125. The van der Waals surface area contributed by atoms with Gasteiger partial charge < -0.3 is 10.1 Å². The van der Waals surface area contributed by atoms with Gasteiger partial charge in [0.2, 0.25) is 5.91 Å². The van der Waals surface area contributed by atoms with Gasteiger partial charge in [0.25, 0.3) is 0 Å². The summed E-state index contributed by atoms with van der Waals surface area (Å²) in [6, 6.07) is 5.64. The van der Waals surface area contributed by atoms with Crippen molar-refractivity contribution in [2.75, 3.05) is 13.2 Å². The number of unbranched alkanes of at least 4 members (excludes halogenated alkanes) is 1. The molecule has 0 spiro atoms. The van der Waals surface area contributed by atoms with Crippen LogP contribution in [0.1, 0.15) is 25.5 Å². The third-order valence-electron chi connectivity index (χ3n) is 2.87. The maximum Gasteiger partial charge on any atom is 0.246 e. The Hall–Kier alpha value is -1.59. The molecule has 0 saturated carbocycles. The van der Waals surface area contributed by atoms with E-state index < -0.39 is 0 Å². The van der Waals surface area contributed by atoms with Crippen molar-refractivity contribution in [2.45, 2.75) is 26.3 Å². The monoisotopic (exact) mass is 295 g/mol. The number of carbonyl (C=O) groups excluding carboxylic acids is 1. The molecule has 0 saturated heterocycles. The van der Waals surface area contributed by atoms with Gasteiger partial charge in [0.05, 0.1) is 12.2 Å². The van der Waals surface area contributed by atoms with Crippen LogP contribution in [0.25, 0.3) is 5.65 Å². The summed E-state index contributed by atoms with van der Waals surface area (Å²) in [7, 11) is 0. The lowest BCUT2D eigenvalue weighted by Crippen LogP contribution is -2.27. The van der Waals surface area contributed by atoms with E-state index in [0.717, 1.165) is 18.5 Å². The summed E-state index contributed by atoms with van der Waals surface area (Å²) < 4.78 is 7.02. The van der Waals surface area contributed by atoms with Gasteiger partial charge in [-0.05, 0) is 18.6 Å². The fraction of sp³-hybridized carbons (Fsp3) is 0.429. The predicted molar refractivity (Wildman–Crippen MR) is 77.8 cm³/mol. The highest BCUT2D eigenvalue weighted by Crippen LogP contribution is 2.17. The lowest BCUT2D eigenvalue weighted by atomic mass is 10.4. The summed E-state index contributed by atoms with van der Waals surface area (Å²) >= 11 is 6.20. The van der Waals surface area contributed by atoms with Crippen LogP contribution in [-0.4, -0.2) is 28.5 Å². The molecule has 0 bridgehead atoms. The predicted octanol–water partition coefficient (Wildman–Crippen LogP) is 2.42. The third kappa shape index (κ3) is 3.71. The Kier molecular flexibility index (Phi) is 5.38. The van der Waals surface area contributed by atoms with Gasteiger partial charge in [0.15, 0.2) is 0 Å². The molecule has 0 fully saturated rings. The molecule has 1 amide bonds. The maximum atomic E-state index is 11.6. The van der Waals surface area contributed by atoms with E-state index in [-0.39, 0.29) is 12.5 Å². The van der Waals surface area contributed by atoms with Gasteiger partial charge in [-0.1, -0.05) is 31.0 Å². The summed E-state index contributed by atoms with van der Waals surface area (Å²) in [6.45, 7) is 3.06. The number of rotatable bonds is 7. The zero-order valence-corrected chi connectivity index (χ0v) is 12.2. The molecule has 0 aromatic carbocycles. The van der Waals surface area contributed by atoms with Gasteiger partial charge >= 0.3 is 0 Å². The van der Waals surface area contributed by atoms with E-state index >= 15 is 0 Å². The zero-order chi connectivity index (χ0) is 14.4. The fourth-order valence-corrected chi connectivity index (χ4v) is 2.02. The summed E-state index contributed by atoms with van der Waals surface area (Å²) in [5.74, 6) is -0.158. The van der Waals surface area contributed by atoms with Gasteiger partial charge in [-0.2, -0.15) is 0 Å². The number of amides is 1. The topological polar surface area (TPSA) is 55.6 Å². The fourth-order valence-electron chi connectivity index (χ4n) is 1.77. The van der Waals surface area contributed by atoms with Crippen LogP contribution in [0.3, 0.4) is 0 Å². The number of halogens is 1. The Bertz CT molecular complexity index is 583. The van der Waals surface area contributed by atoms with Crippen molar-refractivity contribution in [1.29, 1.82) is 0 Å². The average Bonchev–Trinajstić information content (AvgIpc) is 2.78. The normalized spacial score (nSPS) is 10.9. The highest BCUT2D eigenvalue weighted by Gasteiger charge is 2.10. The third-order valence-corrected chi connectivity index (χ3v) is 3.27. The first-order valence-corrected chi connectivity index (χ1v) is 7.06. The number of ether oxygens (including phenoxy) is 1. The first-order chi connectivity index (χ1) is 9.72. The molecule has 2 aromatic rings. The minimum absolute atomic E-state index is 0.0744. The van der Waals surface area contributed by atoms with Crippen LogP contribution < -0.4 is 5.32 Å². The summed E-state index contributed by atoms with van der Waals surface area (Å²) in [5.41, 5.74) is 1.42. The molecule has 108 valence electrons. The first-order valence-electron chi connectivity index (χ1n) is 6.68. The minimum atomic E-state index is -0.158. The van der Waals surface area contributed by atoms with Crippen molar-refractivity contribution in [2.24, 2.45) is 0 Å². The van der Waals surface area contributed by atoms with E-state index in [2.05, 4.69) is 17.2 Å². The summed E-state index contributed by atoms with van der Waals surface area (Å²) in [5, 5.41) is 3.27. The quantitative estimate of drug-likeness (QED) is 0.798. The molecule has 2 heterocycles. The van der Waals surface area contributed by atoms with Crippen LogP contribution in [0, 0.1) is 0 Å². The molecule has 0 atom stereocenters. The highest BCUT2D eigenvalue weighted by atomic mass is 35.5. The van der Waals surface area contributed by atoms with E-state index in [4.69, 9.17) is 16.3 Å². The van der Waals surface area contributed by atoms with Gasteiger partial charge in [0, 0.05) is 12.8 Å². The lowest BCUT2D eigenvalue weighted by Gasteiger charge is -2.04. The Balaban J connectivity index is 1.86. The Morgan fingerprint density at radius 2 is 2.35 bits per heavy atom. The number of nitrogens with one attached hydrogen (secondary N) is 1. The number of aromatic nitrogens is 2. The number of hydrogen-bond donors (Lipinski definition) is 1. The van der Waals surface area contributed by atoms with Crippen molar-refractivity contribution >= 4 is 23.2 Å². The smallest absolute Gasteiger partial charge is 0.246 e. The number of nitrogens with zero attached hydrogens (tertiary/aromatic N) is 2. The molecule has 0 radical (unpaired) electrons. The van der Waals surface area contributed by atoms with E-state index in [1.165, 1.54) is 0 Å². The van der Waals surface area contributed by atoms with Crippen LogP contribution in [0.4, 0.5) is 0 Å². The Labute approximate surface area is 122 Å². The van der Waals surface area contributed by atoms with E-state index in [1.807, 2.05) is 24.4 Å². The van der Waals surface area contributed by atoms with Crippen LogP contribution in [-0.2, 0) is 16.1 Å². The molecule has 0 aliphatic rings. The van der Waals surface area contributed by atoms with E-state index in [9.17, 15) is 4.79 Å². The van der Waals surface area contributed by atoms with Crippen LogP contribution in [0.15, 0.2) is 24.4 Å². The number of carbonyl (C=O) groups is 1. The largest absolute Gasteiger partial charge is 0.372 e. The van der Waals surface area contributed by atoms with E-state index in [1.54, 1.807) is 4.40 Å². The van der Waals surface area contributed by atoms with Crippen molar-refractivity contribution in [3.63, 3.8) is 0 Å². The molecule has 2 aromatic heterocycles. The van der Waals surface area contributed by atoms with Crippen molar-refractivity contribution in [3.05, 3.63) is 35.2 Å². The highest BCUT2D eigenvalue weighted by molar-refractivity contribution is 6.30. The molecule has 1 N–H and O–H groups in total. The molecule has 20 heavy (non-hydrogen) atoms. The molecule has 0 aliphatic carbocycles. The molecule has 0 unspecified atom stereocenters. The molecule has 5 nitrogen and oxygen atoms in total. The minimum Gasteiger partial charge on any atom is -0.372 e. The van der Waals surface area contributed by atoms with Crippen LogP contribution in [0.5, 0.6) is 0 Å². The molecule has 6 heteroatoms. The van der Waals surface area contributed by atoms with Crippen molar-refractivity contribution in [1.82, 2.24) is 14.7 Å². The van der Waals surface area contributed by atoms with Crippen LogP contribution >= 0.6 is 11.6 Å². The van der Waals surface area contributed by atoms with Crippen LogP contribution in [0.2, 0.25) is 5.15 Å². The second-order valence-electron chi connectivity index (χ2n) is 4.46. The second kappa shape index (κ2) is 7.26. The SMILES string of the molecule is CCCCOCC(=O)NCc1nc2ccccn2c1Cl. The van der Waals surface area contributed by atoms with Gasteiger partial charge in [-0.15, -0.1) is 0 Å². The standard InChI is InChI=1S/C14H18ClN3O2/c1-2-3-8-20-10-13(19)16-9-11-14(15)18-7-5-4-6-12(18)17-11/h4-7H,2-3,8-10H2,1H3,(H,16,19). The first kappa shape index (κ1) is 14.8. The van der Waals surface area contributed by atoms with Crippen molar-refractivity contribution in [3.8, 4) is 0 Å². The summed E-state index contributed by atoms with van der Waals surface area (Å²) in [6.07, 6.45) is 3.86. The molecule has 2 rings (SSSR count). The second-order valence-corrected chi connectivity index (χ2v) is 4.82. The summed E-state index contributed by atoms with van der Waals surface area (Å²) in [4.78, 5) is 16.0. The zero-order valence-electron chi connectivity index (χ0n) is 11.4. The average molecular weight is 296 g/mol. The molecular weight excluding hydrogens is 278 g/mol. The van der Waals surface area contributed by atoms with Gasteiger partial charge in [-0.25, -0.2) is 4.98 Å². The van der Waals surface area contributed by atoms with Crippen molar-refractivity contribution < 1.29 is 9.53 Å². The molecule has 0 aliphatic heterocycles. The van der Waals surface area contributed by atoms with Gasteiger partial charge in [-0.3, -0.25) is 9.20 Å². The number of pyridine rings is 1. The van der Waals surface area contributed by atoms with Gasteiger partial charge in [0.1, 0.15) is 17.4 Å². The Morgan fingerprint density at radius 1 is 1.50 bits per heavy atom. The number of hydrogen-bond acceptors (Lipinski definition) is 3.